The van der Waals surface area contributed by atoms with Crippen molar-refractivity contribution in [1.82, 2.24) is 5.32 Å². The number of hydrogen-bond acceptors (Lipinski definition) is 2. The van der Waals surface area contributed by atoms with Gasteiger partial charge in [-0.05, 0) is 29.5 Å². The summed E-state index contributed by atoms with van der Waals surface area (Å²) in [6.45, 7) is 8.53. The molecule has 1 rings (SSSR count). The first-order chi connectivity index (χ1) is 9.81. The zero-order valence-corrected chi connectivity index (χ0v) is 15.3. The van der Waals surface area contributed by atoms with Crippen molar-refractivity contribution in [3.05, 3.63) is 33.8 Å². The highest BCUT2D eigenvalue weighted by Gasteiger charge is 2.19. The normalized spacial score (nSPS) is 11.5. The quantitative estimate of drug-likeness (QED) is 0.749. The summed E-state index contributed by atoms with van der Waals surface area (Å²) < 4.78 is 0. The maximum absolute atomic E-state index is 12.0. The second-order valence-corrected chi connectivity index (χ2v) is 7.62. The zero-order valence-electron chi connectivity index (χ0n) is 13.0. The van der Waals surface area contributed by atoms with Gasteiger partial charge in [0.25, 0.3) is 0 Å². The molecule has 1 aromatic carbocycles. The molecular formula is C16H23Cl2NOS. The van der Waals surface area contributed by atoms with Gasteiger partial charge in [0, 0.05) is 11.8 Å². The van der Waals surface area contributed by atoms with Crippen molar-refractivity contribution in [3.8, 4) is 0 Å². The van der Waals surface area contributed by atoms with Crippen molar-refractivity contribution in [3.63, 3.8) is 0 Å². The van der Waals surface area contributed by atoms with E-state index in [9.17, 15) is 4.79 Å². The number of amides is 1. The molecule has 0 atom stereocenters. The van der Waals surface area contributed by atoms with Gasteiger partial charge in [0.15, 0.2) is 0 Å². The molecule has 0 unspecified atom stereocenters. The minimum atomic E-state index is 0.0902. The summed E-state index contributed by atoms with van der Waals surface area (Å²) in [4.78, 5) is 12.0. The van der Waals surface area contributed by atoms with Crippen LogP contribution in [0.15, 0.2) is 18.2 Å². The van der Waals surface area contributed by atoms with E-state index >= 15 is 0 Å². The monoisotopic (exact) mass is 347 g/mol. The van der Waals surface area contributed by atoms with Crippen LogP contribution in [0.4, 0.5) is 0 Å². The third-order valence-electron chi connectivity index (χ3n) is 3.25. The number of nitrogens with one attached hydrogen (secondary N) is 1. The van der Waals surface area contributed by atoms with Crippen LogP contribution in [0.3, 0.4) is 0 Å². The lowest BCUT2D eigenvalue weighted by Gasteiger charge is -2.26. The fourth-order valence-electron chi connectivity index (χ4n) is 2.22. The van der Waals surface area contributed by atoms with E-state index in [1.807, 2.05) is 12.1 Å². The molecule has 0 aliphatic heterocycles. The molecule has 0 radical (unpaired) electrons. The zero-order chi connectivity index (χ0) is 16.0. The predicted octanol–water partition coefficient (Wildman–Crippen LogP) is 5.02. The van der Waals surface area contributed by atoms with E-state index in [1.165, 1.54) is 0 Å². The van der Waals surface area contributed by atoms with Gasteiger partial charge in [0.1, 0.15) is 0 Å². The van der Waals surface area contributed by atoms with E-state index in [1.54, 1.807) is 17.8 Å². The summed E-state index contributed by atoms with van der Waals surface area (Å²) in [7, 11) is 0. The van der Waals surface area contributed by atoms with Crippen LogP contribution in [0.5, 0.6) is 0 Å². The first-order valence-corrected chi connectivity index (χ1v) is 9.03. The molecule has 0 fully saturated rings. The first kappa shape index (κ1) is 18.7. The minimum Gasteiger partial charge on any atom is -0.352 e. The van der Waals surface area contributed by atoms with Gasteiger partial charge in [-0.2, -0.15) is 0 Å². The van der Waals surface area contributed by atoms with Gasteiger partial charge in [0.05, 0.1) is 15.8 Å². The minimum absolute atomic E-state index is 0.0902. The van der Waals surface area contributed by atoms with E-state index < -0.39 is 0 Å². The van der Waals surface area contributed by atoms with Crippen molar-refractivity contribution in [2.45, 2.75) is 39.5 Å². The summed E-state index contributed by atoms with van der Waals surface area (Å²) >= 11 is 13.4. The average Bonchev–Trinajstić information content (AvgIpc) is 2.39. The molecule has 0 aromatic heterocycles. The molecular weight excluding hydrogens is 325 g/mol. The highest BCUT2D eigenvalue weighted by atomic mass is 35.5. The summed E-state index contributed by atoms with van der Waals surface area (Å²) in [5.74, 6) is 2.17. The Morgan fingerprint density at radius 3 is 2.29 bits per heavy atom. The molecule has 0 heterocycles. The Balaban J connectivity index is 2.41. The fourth-order valence-corrected chi connectivity index (χ4v) is 3.33. The highest BCUT2D eigenvalue weighted by Crippen LogP contribution is 2.24. The molecule has 0 aliphatic rings. The molecule has 0 aliphatic carbocycles. The van der Waals surface area contributed by atoms with Crippen LogP contribution in [0.1, 0.15) is 33.3 Å². The lowest BCUT2D eigenvalue weighted by molar-refractivity contribution is -0.119. The maximum Gasteiger partial charge on any atom is 0.230 e. The van der Waals surface area contributed by atoms with Gasteiger partial charge in [-0.1, -0.05) is 57.0 Å². The second kappa shape index (κ2) is 8.92. The Kier molecular flexibility index (Phi) is 7.93. The van der Waals surface area contributed by atoms with Crippen LogP contribution >= 0.6 is 35.0 Å². The Labute approximate surface area is 142 Å². The van der Waals surface area contributed by atoms with Crippen molar-refractivity contribution < 1.29 is 4.79 Å². The molecule has 1 N–H and O–H groups in total. The van der Waals surface area contributed by atoms with Gasteiger partial charge in [-0.15, -0.1) is 11.8 Å². The smallest absolute Gasteiger partial charge is 0.230 e. The van der Waals surface area contributed by atoms with E-state index in [0.717, 1.165) is 11.3 Å². The van der Waals surface area contributed by atoms with Crippen LogP contribution in [0, 0.1) is 11.8 Å². The Morgan fingerprint density at radius 1 is 1.14 bits per heavy atom. The van der Waals surface area contributed by atoms with Crippen molar-refractivity contribution in [2.75, 3.05) is 5.75 Å². The predicted molar refractivity (Wildman–Crippen MR) is 94.2 cm³/mol. The lowest BCUT2D eigenvalue weighted by atomic mass is 9.93. The molecule has 0 bridgehead atoms. The van der Waals surface area contributed by atoms with Crippen molar-refractivity contribution >= 4 is 40.9 Å². The Hall–Kier alpha value is -0.380. The standard InChI is InChI=1S/C16H23Cl2NOS/c1-10(2)16(11(3)4)19-15(20)9-21-8-12-5-6-13(17)14(18)7-12/h5-7,10-11,16H,8-9H2,1-4H3,(H,19,20). The highest BCUT2D eigenvalue weighted by molar-refractivity contribution is 7.99. The summed E-state index contributed by atoms with van der Waals surface area (Å²) in [5.41, 5.74) is 1.08. The molecule has 5 heteroatoms. The summed E-state index contributed by atoms with van der Waals surface area (Å²) in [5, 5.41) is 4.23. The number of carbonyl (C=O) groups is 1. The van der Waals surface area contributed by atoms with Gasteiger partial charge >= 0.3 is 0 Å². The number of thioether (sulfide) groups is 1. The molecule has 2 nitrogen and oxygen atoms in total. The topological polar surface area (TPSA) is 29.1 Å². The number of hydrogen-bond donors (Lipinski definition) is 1. The third-order valence-corrected chi connectivity index (χ3v) is 4.99. The van der Waals surface area contributed by atoms with Gasteiger partial charge < -0.3 is 5.32 Å². The molecule has 1 amide bonds. The number of carbonyl (C=O) groups excluding carboxylic acids is 1. The Morgan fingerprint density at radius 2 is 1.76 bits per heavy atom. The number of benzene rings is 1. The molecule has 1 aromatic rings. The fraction of sp³-hybridized carbons (Fsp3) is 0.562. The van der Waals surface area contributed by atoms with Crippen molar-refractivity contribution in [1.29, 1.82) is 0 Å². The maximum atomic E-state index is 12.0. The third kappa shape index (κ3) is 6.50. The average molecular weight is 348 g/mol. The van der Waals surface area contributed by atoms with Crippen molar-refractivity contribution in [2.24, 2.45) is 11.8 Å². The van der Waals surface area contributed by atoms with E-state index in [2.05, 4.69) is 33.0 Å². The van der Waals surface area contributed by atoms with Gasteiger partial charge in [-0.3, -0.25) is 4.79 Å². The summed E-state index contributed by atoms with van der Waals surface area (Å²) in [6, 6.07) is 5.79. The van der Waals surface area contributed by atoms with Gasteiger partial charge in [-0.25, -0.2) is 0 Å². The SMILES string of the molecule is CC(C)C(NC(=O)CSCc1ccc(Cl)c(Cl)c1)C(C)C. The molecule has 21 heavy (non-hydrogen) atoms. The summed E-state index contributed by atoms with van der Waals surface area (Å²) in [6.07, 6.45) is 0. The van der Waals surface area contributed by atoms with Crippen LogP contribution in [-0.4, -0.2) is 17.7 Å². The lowest BCUT2D eigenvalue weighted by Crippen LogP contribution is -2.43. The van der Waals surface area contributed by atoms with E-state index in [-0.39, 0.29) is 11.9 Å². The molecule has 118 valence electrons. The molecule has 0 saturated heterocycles. The Bertz CT molecular complexity index is 469. The van der Waals surface area contributed by atoms with E-state index in [0.29, 0.717) is 27.6 Å². The van der Waals surface area contributed by atoms with Crippen LogP contribution in [0.25, 0.3) is 0 Å². The number of rotatable bonds is 7. The van der Waals surface area contributed by atoms with Crippen LogP contribution < -0.4 is 5.32 Å². The largest absolute Gasteiger partial charge is 0.352 e. The number of halogens is 2. The first-order valence-electron chi connectivity index (χ1n) is 7.12. The second-order valence-electron chi connectivity index (χ2n) is 5.82. The van der Waals surface area contributed by atoms with Crippen LogP contribution in [0.2, 0.25) is 10.0 Å². The molecule has 0 spiro atoms. The van der Waals surface area contributed by atoms with E-state index in [4.69, 9.17) is 23.2 Å². The van der Waals surface area contributed by atoms with Gasteiger partial charge in [0.2, 0.25) is 5.91 Å². The molecule has 0 saturated carbocycles. The van der Waals surface area contributed by atoms with Crippen LogP contribution in [-0.2, 0) is 10.5 Å².